The number of likely N-dealkylation sites (tertiary alicyclic amines) is 1. The summed E-state index contributed by atoms with van der Waals surface area (Å²) in [5.74, 6) is -0.924. The molecule has 1 amide bonds. The third-order valence-electron chi connectivity index (χ3n) is 6.68. The lowest BCUT2D eigenvalue weighted by Crippen LogP contribution is -2.53. The number of rotatable bonds is 5. The van der Waals surface area contributed by atoms with E-state index in [4.69, 9.17) is 16.3 Å². The predicted molar refractivity (Wildman–Crippen MR) is 132 cm³/mol. The van der Waals surface area contributed by atoms with Crippen molar-refractivity contribution in [3.63, 3.8) is 0 Å². The van der Waals surface area contributed by atoms with Gasteiger partial charge in [0.1, 0.15) is 11.6 Å². The molecule has 2 aliphatic rings. The summed E-state index contributed by atoms with van der Waals surface area (Å²) in [6, 6.07) is 9.39. The van der Waals surface area contributed by atoms with Gasteiger partial charge in [-0.1, -0.05) is 23.7 Å². The number of nitrogens with one attached hydrogen (secondary N) is 1. The normalized spacial score (nSPS) is 20.8. The van der Waals surface area contributed by atoms with Gasteiger partial charge in [-0.05, 0) is 81.7 Å². The Kier molecular flexibility index (Phi) is 6.70. The first-order valence-corrected chi connectivity index (χ1v) is 13.6. The van der Waals surface area contributed by atoms with Crippen molar-refractivity contribution in [1.29, 1.82) is 0 Å². The minimum absolute atomic E-state index is 0.0566. The molecule has 9 heteroatoms. The second kappa shape index (κ2) is 9.13. The Hall–Kier alpha value is -2.16. The third-order valence-corrected chi connectivity index (χ3v) is 8.61. The van der Waals surface area contributed by atoms with Crippen molar-refractivity contribution in [2.24, 2.45) is 5.41 Å². The highest BCUT2D eigenvalue weighted by atomic mass is 35.5. The van der Waals surface area contributed by atoms with Gasteiger partial charge in [0.05, 0.1) is 10.6 Å². The molecule has 0 aromatic heterocycles. The maximum Gasteiger partial charge on any atom is 0.329 e. The van der Waals surface area contributed by atoms with Gasteiger partial charge >= 0.3 is 5.97 Å². The van der Waals surface area contributed by atoms with E-state index in [0.717, 1.165) is 10.8 Å². The van der Waals surface area contributed by atoms with Gasteiger partial charge in [0.25, 0.3) is 0 Å². The van der Waals surface area contributed by atoms with Gasteiger partial charge in [0.2, 0.25) is 5.91 Å². The standard InChI is InChI=1S/C25H31ClN2O5S/c1-24(2,3)33-23(30)22-25(8-10-27-11-9-25)16-21(29)28(22)12-13-34(31,32)20-7-5-17-14-19(26)6-4-18(17)15-20/h4-7,14-15,22,27H,8-13,16H2,1-3H3. The smallest absolute Gasteiger partial charge is 0.329 e. The number of sulfone groups is 1. The van der Waals surface area contributed by atoms with Gasteiger partial charge < -0.3 is 15.0 Å². The summed E-state index contributed by atoms with van der Waals surface area (Å²) >= 11 is 6.03. The Labute approximate surface area is 205 Å². The van der Waals surface area contributed by atoms with Gasteiger partial charge in [-0.15, -0.1) is 0 Å². The van der Waals surface area contributed by atoms with E-state index in [9.17, 15) is 18.0 Å². The van der Waals surface area contributed by atoms with Gasteiger partial charge in [-0.25, -0.2) is 13.2 Å². The Morgan fingerprint density at radius 2 is 1.79 bits per heavy atom. The molecule has 2 fully saturated rings. The van der Waals surface area contributed by atoms with E-state index in [1.807, 2.05) is 0 Å². The summed E-state index contributed by atoms with van der Waals surface area (Å²) < 4.78 is 32.1. The minimum Gasteiger partial charge on any atom is -0.458 e. The van der Waals surface area contributed by atoms with Crippen molar-refractivity contribution in [1.82, 2.24) is 10.2 Å². The number of carbonyl (C=O) groups excluding carboxylic acids is 2. The summed E-state index contributed by atoms with van der Waals surface area (Å²) in [6.45, 7) is 6.73. The first-order chi connectivity index (χ1) is 15.9. The fraction of sp³-hybridized carbons (Fsp3) is 0.520. The highest BCUT2D eigenvalue weighted by Crippen LogP contribution is 2.45. The molecule has 4 rings (SSSR count). The molecular weight excluding hydrogens is 476 g/mol. The Morgan fingerprint density at radius 1 is 1.15 bits per heavy atom. The van der Waals surface area contributed by atoms with Crippen LogP contribution in [0.5, 0.6) is 0 Å². The third kappa shape index (κ3) is 5.09. The maximum atomic E-state index is 13.3. The van der Waals surface area contributed by atoms with Crippen LogP contribution in [0.1, 0.15) is 40.0 Å². The van der Waals surface area contributed by atoms with Gasteiger partial charge in [-0.2, -0.15) is 0 Å². The largest absolute Gasteiger partial charge is 0.458 e. The number of piperidine rings is 1. The molecule has 1 atom stereocenters. The quantitative estimate of drug-likeness (QED) is 0.623. The molecule has 0 saturated carbocycles. The van der Waals surface area contributed by atoms with Crippen LogP contribution < -0.4 is 5.32 Å². The Balaban J connectivity index is 1.58. The summed E-state index contributed by atoms with van der Waals surface area (Å²) in [6.07, 6.45) is 1.56. The molecule has 2 aromatic carbocycles. The second-order valence-electron chi connectivity index (χ2n) is 10.3. The molecule has 1 N–H and O–H groups in total. The summed E-state index contributed by atoms with van der Waals surface area (Å²) in [4.78, 5) is 28.0. The lowest BCUT2D eigenvalue weighted by molar-refractivity contribution is -0.166. The first kappa shape index (κ1) is 24.9. The minimum atomic E-state index is -3.69. The van der Waals surface area contributed by atoms with Crippen molar-refractivity contribution < 1.29 is 22.7 Å². The van der Waals surface area contributed by atoms with E-state index in [-0.39, 0.29) is 29.5 Å². The van der Waals surface area contributed by atoms with Crippen LogP contribution >= 0.6 is 11.6 Å². The van der Waals surface area contributed by atoms with Crippen LogP contribution in [0.15, 0.2) is 41.3 Å². The van der Waals surface area contributed by atoms with Crippen LogP contribution in [0.25, 0.3) is 10.8 Å². The lowest BCUT2D eigenvalue weighted by Gasteiger charge is -2.40. The second-order valence-corrected chi connectivity index (χ2v) is 12.8. The van der Waals surface area contributed by atoms with Crippen LogP contribution in [-0.2, 0) is 24.2 Å². The molecule has 2 heterocycles. The molecule has 1 unspecified atom stereocenters. The molecule has 0 aliphatic carbocycles. The summed E-state index contributed by atoms with van der Waals surface area (Å²) in [5.41, 5.74) is -1.24. The number of benzene rings is 2. The summed E-state index contributed by atoms with van der Waals surface area (Å²) in [7, 11) is -3.69. The Bertz CT molecular complexity index is 1220. The molecule has 2 aliphatic heterocycles. The molecule has 0 bridgehead atoms. The number of hydrogen-bond acceptors (Lipinski definition) is 6. The number of esters is 1. The zero-order valence-electron chi connectivity index (χ0n) is 19.8. The number of amides is 1. The molecule has 2 aromatic rings. The number of nitrogens with zero attached hydrogens (tertiary/aromatic N) is 1. The van der Waals surface area contributed by atoms with E-state index >= 15 is 0 Å². The molecule has 34 heavy (non-hydrogen) atoms. The van der Waals surface area contributed by atoms with E-state index in [1.54, 1.807) is 57.2 Å². The number of carbonyl (C=O) groups is 2. The SMILES string of the molecule is CC(C)(C)OC(=O)C1N(CCS(=O)(=O)c2ccc3cc(Cl)ccc3c2)C(=O)CC12CCNCC2. The topological polar surface area (TPSA) is 92.8 Å². The average Bonchev–Trinajstić information content (AvgIpc) is 3.01. The highest BCUT2D eigenvalue weighted by Gasteiger charge is 2.56. The molecule has 1 spiro atoms. The number of hydrogen-bond donors (Lipinski definition) is 1. The molecule has 0 radical (unpaired) electrons. The molecule has 2 saturated heterocycles. The van der Waals surface area contributed by atoms with Gasteiger partial charge in [0, 0.05) is 23.4 Å². The zero-order chi connectivity index (χ0) is 24.7. The van der Waals surface area contributed by atoms with Crippen LogP contribution in [0.2, 0.25) is 5.02 Å². The van der Waals surface area contributed by atoms with E-state index in [2.05, 4.69) is 5.32 Å². The van der Waals surface area contributed by atoms with Crippen molar-refractivity contribution in [2.45, 2.75) is 56.6 Å². The maximum absolute atomic E-state index is 13.3. The van der Waals surface area contributed by atoms with Crippen molar-refractivity contribution in [3.05, 3.63) is 41.4 Å². The Morgan fingerprint density at radius 3 is 2.47 bits per heavy atom. The highest BCUT2D eigenvalue weighted by molar-refractivity contribution is 7.91. The van der Waals surface area contributed by atoms with Crippen LogP contribution in [-0.4, -0.2) is 62.2 Å². The first-order valence-electron chi connectivity index (χ1n) is 11.6. The lowest BCUT2D eigenvalue weighted by atomic mass is 9.72. The van der Waals surface area contributed by atoms with Crippen molar-refractivity contribution in [3.8, 4) is 0 Å². The van der Waals surface area contributed by atoms with Crippen LogP contribution in [0, 0.1) is 5.41 Å². The fourth-order valence-electron chi connectivity index (χ4n) is 5.06. The number of halogens is 1. The van der Waals surface area contributed by atoms with Crippen LogP contribution in [0.3, 0.4) is 0 Å². The average molecular weight is 507 g/mol. The van der Waals surface area contributed by atoms with Gasteiger partial charge in [0.15, 0.2) is 9.84 Å². The molecular formula is C25H31ClN2O5S. The number of ether oxygens (including phenoxy) is 1. The van der Waals surface area contributed by atoms with E-state index < -0.39 is 32.9 Å². The van der Waals surface area contributed by atoms with Crippen LogP contribution in [0.4, 0.5) is 0 Å². The van der Waals surface area contributed by atoms with Crippen molar-refractivity contribution >= 4 is 44.1 Å². The zero-order valence-corrected chi connectivity index (χ0v) is 21.3. The number of fused-ring (bicyclic) bond motifs is 1. The van der Waals surface area contributed by atoms with E-state index in [1.165, 1.54) is 4.90 Å². The fourth-order valence-corrected chi connectivity index (χ4v) is 6.50. The molecule has 7 nitrogen and oxygen atoms in total. The van der Waals surface area contributed by atoms with E-state index in [0.29, 0.717) is 31.0 Å². The molecule has 184 valence electrons. The van der Waals surface area contributed by atoms with Crippen molar-refractivity contribution in [2.75, 3.05) is 25.4 Å². The monoisotopic (exact) mass is 506 g/mol. The summed E-state index contributed by atoms with van der Waals surface area (Å²) in [5, 5.41) is 5.48. The van der Waals surface area contributed by atoms with Gasteiger partial charge in [-0.3, -0.25) is 4.79 Å². The predicted octanol–water partition coefficient (Wildman–Crippen LogP) is 3.58.